The number of halogens is 1. The van der Waals surface area contributed by atoms with Crippen LogP contribution in [0.5, 0.6) is 0 Å². The zero-order valence-electron chi connectivity index (χ0n) is 11.8. The maximum atomic E-state index is 5.85. The van der Waals surface area contributed by atoms with Gasteiger partial charge in [-0.25, -0.2) is 7.50 Å². The molecular formula is C16H11IN4OS. The first kappa shape index (κ1) is 14.7. The highest BCUT2D eigenvalue weighted by molar-refractivity contribution is 14.1. The first-order valence-corrected chi connectivity index (χ1v) is 8.41. The average molecular weight is 434 g/mol. The van der Waals surface area contributed by atoms with Gasteiger partial charge in [0.15, 0.2) is 5.65 Å². The minimum Gasteiger partial charge on any atom is -0.397 e. The second-order valence-electron chi connectivity index (χ2n) is 5.06. The maximum absolute atomic E-state index is 5.85. The molecule has 4 rings (SSSR count). The minimum absolute atomic E-state index is 0.660. The number of nitrogen functional groups attached to an aromatic ring is 1. The number of nitrogens with two attached hydrogens (primary N) is 1. The third-order valence-corrected chi connectivity index (χ3v) is 4.63. The Balaban J connectivity index is 1.95. The molecule has 0 aliphatic carbocycles. The Hall–Kier alpha value is -1.84. The second-order valence-corrected chi connectivity index (χ2v) is 6.80. The monoisotopic (exact) mass is 434 g/mol. The molecule has 3 heterocycles. The highest BCUT2D eigenvalue weighted by atomic mass is 127. The van der Waals surface area contributed by atoms with E-state index < -0.39 is 0 Å². The molecule has 7 heteroatoms. The quantitative estimate of drug-likeness (QED) is 0.377. The van der Waals surface area contributed by atoms with Gasteiger partial charge in [-0.1, -0.05) is 6.07 Å². The number of anilines is 1. The summed E-state index contributed by atoms with van der Waals surface area (Å²) in [6.45, 7) is 0. The van der Waals surface area contributed by atoms with E-state index in [4.69, 9.17) is 8.25 Å². The lowest BCUT2D eigenvalue weighted by molar-refractivity contribution is 0.830. The number of fused-ring (bicyclic) bond motifs is 2. The van der Waals surface area contributed by atoms with Crippen LogP contribution in [0.1, 0.15) is 0 Å². The number of aromatic nitrogens is 3. The van der Waals surface area contributed by atoms with E-state index in [-0.39, 0.29) is 0 Å². The lowest BCUT2D eigenvalue weighted by Gasteiger charge is -2.03. The summed E-state index contributed by atoms with van der Waals surface area (Å²) < 4.78 is 7.07. The third kappa shape index (κ3) is 2.64. The number of hydrogen-bond acceptors (Lipinski definition) is 5. The van der Waals surface area contributed by atoms with Crippen LogP contribution in [-0.2, 0) is 2.51 Å². The summed E-state index contributed by atoms with van der Waals surface area (Å²) in [5.41, 5.74) is 10.5. The van der Waals surface area contributed by atoms with E-state index in [0.717, 1.165) is 33.1 Å². The van der Waals surface area contributed by atoms with Crippen molar-refractivity contribution in [1.29, 1.82) is 0 Å². The summed E-state index contributed by atoms with van der Waals surface area (Å²) in [6.07, 6.45) is 5.48. The zero-order chi connectivity index (χ0) is 15.8. The maximum Gasteiger partial charge on any atom is 0.152 e. The molecule has 23 heavy (non-hydrogen) atoms. The first-order chi connectivity index (χ1) is 11.3. The molecule has 5 nitrogen and oxygen atoms in total. The highest BCUT2D eigenvalue weighted by Gasteiger charge is 2.12. The van der Waals surface area contributed by atoms with Crippen LogP contribution in [0.2, 0.25) is 0 Å². The summed E-state index contributed by atoms with van der Waals surface area (Å²) in [7, 11) is 0. The predicted molar refractivity (Wildman–Crippen MR) is 103 cm³/mol. The van der Waals surface area contributed by atoms with Gasteiger partial charge in [-0.15, -0.1) is 0 Å². The fraction of sp³-hybridized carbons (Fsp3) is 0. The Bertz CT molecular complexity index is 1020. The van der Waals surface area contributed by atoms with Crippen LogP contribution in [0.4, 0.5) is 5.69 Å². The van der Waals surface area contributed by atoms with Crippen LogP contribution >= 0.6 is 35.2 Å². The van der Waals surface area contributed by atoms with Crippen molar-refractivity contribution in [3.05, 3.63) is 55.0 Å². The van der Waals surface area contributed by atoms with Gasteiger partial charge in [0, 0.05) is 28.7 Å². The lowest BCUT2D eigenvalue weighted by Crippen LogP contribution is -1.87. The van der Waals surface area contributed by atoms with Crippen molar-refractivity contribution in [2.45, 2.75) is 0 Å². The minimum atomic E-state index is 0.660. The predicted octanol–water partition coefficient (Wildman–Crippen LogP) is 4.61. The molecule has 0 radical (unpaired) electrons. The van der Waals surface area contributed by atoms with Gasteiger partial charge in [-0.3, -0.25) is 8.96 Å². The standard InChI is InChI=1S/C16H11IN4OS/c17-22-23-21-9-14(13-2-1-5-19-16(13)21)10-3-4-15-11(6-10)7-12(18)8-20-15/h1-9H,18H2. The summed E-state index contributed by atoms with van der Waals surface area (Å²) in [5, 5.41) is 2.09. The molecule has 1 aromatic carbocycles. The van der Waals surface area contributed by atoms with Crippen LogP contribution in [0.3, 0.4) is 0 Å². The smallest absolute Gasteiger partial charge is 0.152 e. The van der Waals surface area contributed by atoms with E-state index in [1.165, 1.54) is 12.2 Å². The zero-order valence-corrected chi connectivity index (χ0v) is 14.8. The number of nitrogens with zero attached hydrogens (tertiary/aromatic N) is 3. The molecule has 0 spiro atoms. The SMILES string of the molecule is Nc1cnc2ccc(-c3cn(SOI)c4ncccc34)cc2c1. The highest BCUT2D eigenvalue weighted by Crippen LogP contribution is 2.34. The van der Waals surface area contributed by atoms with Crippen LogP contribution in [0.15, 0.2) is 55.0 Å². The van der Waals surface area contributed by atoms with Gasteiger partial charge in [0.05, 0.1) is 17.4 Å². The number of pyridine rings is 2. The Labute approximate surface area is 150 Å². The first-order valence-electron chi connectivity index (χ1n) is 6.84. The molecule has 0 aliphatic heterocycles. The summed E-state index contributed by atoms with van der Waals surface area (Å²) in [4.78, 5) is 8.79. The molecular weight excluding hydrogens is 423 g/mol. The second kappa shape index (κ2) is 5.99. The molecule has 0 aliphatic rings. The number of hydrogen-bond donors (Lipinski definition) is 1. The Kier molecular flexibility index (Phi) is 3.83. The largest absolute Gasteiger partial charge is 0.397 e. The van der Waals surface area contributed by atoms with Crippen molar-refractivity contribution in [1.82, 2.24) is 13.9 Å². The molecule has 0 bridgehead atoms. The molecule has 3 aromatic heterocycles. The molecule has 0 saturated heterocycles. The molecule has 114 valence electrons. The Morgan fingerprint density at radius 2 is 2.09 bits per heavy atom. The summed E-state index contributed by atoms with van der Waals surface area (Å²) in [6, 6.07) is 12.1. The number of benzene rings is 1. The normalized spacial score (nSPS) is 11.3. The van der Waals surface area contributed by atoms with Gasteiger partial charge in [-0.05, 0) is 35.9 Å². The van der Waals surface area contributed by atoms with Crippen molar-refractivity contribution in [2.75, 3.05) is 5.73 Å². The molecule has 0 amide bonds. The summed E-state index contributed by atoms with van der Waals surface area (Å²) in [5.74, 6) is 0. The fourth-order valence-corrected chi connectivity index (χ4v) is 3.61. The van der Waals surface area contributed by atoms with Gasteiger partial charge in [0.1, 0.15) is 35.2 Å². The van der Waals surface area contributed by atoms with Crippen LogP contribution < -0.4 is 5.73 Å². The third-order valence-electron chi connectivity index (χ3n) is 3.65. The van der Waals surface area contributed by atoms with Crippen LogP contribution in [0, 0.1) is 0 Å². The van der Waals surface area contributed by atoms with E-state index in [0.29, 0.717) is 5.69 Å². The Morgan fingerprint density at radius 1 is 1.17 bits per heavy atom. The van der Waals surface area contributed by atoms with E-state index >= 15 is 0 Å². The number of rotatable bonds is 3. The Morgan fingerprint density at radius 3 is 2.96 bits per heavy atom. The van der Waals surface area contributed by atoms with Crippen molar-refractivity contribution in [3.8, 4) is 11.1 Å². The van der Waals surface area contributed by atoms with Crippen LogP contribution in [-0.4, -0.2) is 13.9 Å². The molecule has 4 aromatic rings. The van der Waals surface area contributed by atoms with Gasteiger partial charge >= 0.3 is 0 Å². The van der Waals surface area contributed by atoms with E-state index in [9.17, 15) is 0 Å². The average Bonchev–Trinajstić information content (AvgIpc) is 2.93. The molecule has 0 unspecified atom stereocenters. The fourth-order valence-electron chi connectivity index (χ4n) is 2.66. The van der Waals surface area contributed by atoms with E-state index in [1.54, 1.807) is 12.4 Å². The van der Waals surface area contributed by atoms with Gasteiger partial charge in [-0.2, -0.15) is 0 Å². The molecule has 0 fully saturated rings. The van der Waals surface area contributed by atoms with E-state index in [1.807, 2.05) is 51.4 Å². The molecule has 2 N–H and O–H groups in total. The van der Waals surface area contributed by atoms with Crippen molar-refractivity contribution >= 4 is 62.9 Å². The van der Waals surface area contributed by atoms with Gasteiger partial charge in [0.25, 0.3) is 0 Å². The van der Waals surface area contributed by atoms with Crippen LogP contribution in [0.25, 0.3) is 33.1 Å². The molecule has 0 atom stereocenters. The van der Waals surface area contributed by atoms with Crippen molar-refractivity contribution in [2.24, 2.45) is 0 Å². The van der Waals surface area contributed by atoms with Gasteiger partial charge in [0.2, 0.25) is 0 Å². The van der Waals surface area contributed by atoms with Gasteiger partial charge < -0.3 is 5.73 Å². The topological polar surface area (TPSA) is 66.0 Å². The van der Waals surface area contributed by atoms with Crippen molar-refractivity contribution < 1.29 is 2.51 Å². The summed E-state index contributed by atoms with van der Waals surface area (Å²) >= 11 is 3.09. The van der Waals surface area contributed by atoms with Crippen molar-refractivity contribution in [3.63, 3.8) is 0 Å². The van der Waals surface area contributed by atoms with E-state index in [2.05, 4.69) is 28.2 Å². The molecule has 0 saturated carbocycles. The lowest BCUT2D eigenvalue weighted by atomic mass is 10.0.